The molecular weight excluding hydrogens is 235 g/mol. The summed E-state index contributed by atoms with van der Waals surface area (Å²) in [4.78, 5) is 23.6. The fourth-order valence-corrected chi connectivity index (χ4v) is 1.60. The SMILES string of the molecule is O=C(CC(=O)c1ccccc1)c1ccccc1.[Na]. The van der Waals surface area contributed by atoms with E-state index < -0.39 is 0 Å². The summed E-state index contributed by atoms with van der Waals surface area (Å²) in [7, 11) is 0. The topological polar surface area (TPSA) is 34.1 Å². The van der Waals surface area contributed by atoms with Crippen molar-refractivity contribution in [2.45, 2.75) is 6.42 Å². The summed E-state index contributed by atoms with van der Waals surface area (Å²) in [5, 5.41) is 0. The van der Waals surface area contributed by atoms with Gasteiger partial charge in [0.1, 0.15) is 0 Å². The van der Waals surface area contributed by atoms with Crippen molar-refractivity contribution < 1.29 is 9.59 Å². The first-order valence-electron chi connectivity index (χ1n) is 5.44. The third-order valence-electron chi connectivity index (χ3n) is 2.51. The quantitative estimate of drug-likeness (QED) is 0.473. The average molecular weight is 247 g/mol. The predicted molar refractivity (Wildman–Crippen MR) is 71.9 cm³/mol. The molecule has 0 saturated carbocycles. The average Bonchev–Trinajstić information content (AvgIpc) is 2.40. The molecule has 0 spiro atoms. The first-order chi connectivity index (χ1) is 8.27. The van der Waals surface area contributed by atoms with Crippen LogP contribution in [-0.4, -0.2) is 41.1 Å². The number of carbonyl (C=O) groups is 2. The van der Waals surface area contributed by atoms with Crippen LogP contribution in [0.1, 0.15) is 27.1 Å². The smallest absolute Gasteiger partial charge is 0.170 e. The second-order valence-electron chi connectivity index (χ2n) is 3.76. The molecule has 0 bridgehead atoms. The summed E-state index contributed by atoms with van der Waals surface area (Å²) in [5.41, 5.74) is 1.16. The van der Waals surface area contributed by atoms with Crippen LogP contribution in [0.3, 0.4) is 0 Å². The van der Waals surface area contributed by atoms with Gasteiger partial charge in [0.15, 0.2) is 11.6 Å². The number of hydrogen-bond donors (Lipinski definition) is 0. The van der Waals surface area contributed by atoms with E-state index in [4.69, 9.17) is 0 Å². The maximum absolute atomic E-state index is 11.8. The number of carbonyl (C=O) groups excluding carboxylic acids is 2. The zero-order valence-electron chi connectivity index (χ0n) is 10.3. The van der Waals surface area contributed by atoms with Gasteiger partial charge in [-0.05, 0) is 0 Å². The summed E-state index contributed by atoms with van der Waals surface area (Å²) < 4.78 is 0. The minimum Gasteiger partial charge on any atom is -0.294 e. The van der Waals surface area contributed by atoms with Crippen molar-refractivity contribution in [3.05, 3.63) is 71.8 Å². The van der Waals surface area contributed by atoms with Crippen molar-refractivity contribution in [1.82, 2.24) is 0 Å². The molecule has 2 aromatic carbocycles. The fourth-order valence-electron chi connectivity index (χ4n) is 1.60. The molecule has 0 aliphatic rings. The van der Waals surface area contributed by atoms with Crippen molar-refractivity contribution in [1.29, 1.82) is 0 Å². The molecule has 0 aliphatic heterocycles. The van der Waals surface area contributed by atoms with Gasteiger partial charge in [-0.1, -0.05) is 60.7 Å². The molecule has 0 saturated heterocycles. The molecule has 3 heteroatoms. The maximum Gasteiger partial charge on any atom is 0.170 e. The monoisotopic (exact) mass is 247 g/mol. The van der Waals surface area contributed by atoms with E-state index in [0.29, 0.717) is 11.1 Å². The number of rotatable bonds is 4. The van der Waals surface area contributed by atoms with E-state index in [2.05, 4.69) is 0 Å². The Kier molecular flexibility index (Phi) is 5.99. The molecule has 0 unspecified atom stereocenters. The zero-order valence-corrected chi connectivity index (χ0v) is 12.3. The van der Waals surface area contributed by atoms with E-state index in [-0.39, 0.29) is 47.5 Å². The van der Waals surface area contributed by atoms with Crippen LogP contribution < -0.4 is 0 Å². The van der Waals surface area contributed by atoms with Crippen LogP contribution in [0.25, 0.3) is 0 Å². The van der Waals surface area contributed by atoms with Crippen molar-refractivity contribution in [2.75, 3.05) is 0 Å². The summed E-state index contributed by atoms with van der Waals surface area (Å²) >= 11 is 0. The zero-order chi connectivity index (χ0) is 12.1. The third-order valence-corrected chi connectivity index (χ3v) is 2.51. The number of benzene rings is 2. The predicted octanol–water partition coefficient (Wildman–Crippen LogP) is 2.76. The Balaban J connectivity index is 0.00000162. The van der Waals surface area contributed by atoms with Crippen LogP contribution in [0.5, 0.6) is 0 Å². The molecule has 0 amide bonds. The second-order valence-corrected chi connectivity index (χ2v) is 3.76. The van der Waals surface area contributed by atoms with Crippen molar-refractivity contribution in [2.24, 2.45) is 0 Å². The van der Waals surface area contributed by atoms with Gasteiger partial charge in [-0.3, -0.25) is 9.59 Å². The standard InChI is InChI=1S/C15H12O2.Na/c16-14(12-7-3-1-4-8-12)11-15(17)13-9-5-2-6-10-13;/h1-10H,11H2;. The Labute approximate surface area is 128 Å². The van der Waals surface area contributed by atoms with Crippen LogP contribution in [0.2, 0.25) is 0 Å². The number of Topliss-reactive ketones (excluding diaryl/α,β-unsaturated/α-hetero) is 2. The van der Waals surface area contributed by atoms with Gasteiger partial charge >= 0.3 is 0 Å². The van der Waals surface area contributed by atoms with E-state index in [1.165, 1.54) is 0 Å². The molecule has 2 nitrogen and oxygen atoms in total. The fraction of sp³-hybridized carbons (Fsp3) is 0.0667. The molecule has 0 N–H and O–H groups in total. The van der Waals surface area contributed by atoms with Crippen molar-refractivity contribution >= 4 is 41.1 Å². The van der Waals surface area contributed by atoms with Crippen molar-refractivity contribution in [3.8, 4) is 0 Å². The van der Waals surface area contributed by atoms with E-state index in [0.717, 1.165) is 0 Å². The minimum absolute atomic E-state index is 0. The molecule has 85 valence electrons. The van der Waals surface area contributed by atoms with Gasteiger partial charge < -0.3 is 0 Å². The van der Waals surface area contributed by atoms with Gasteiger partial charge in [0.05, 0.1) is 6.42 Å². The van der Waals surface area contributed by atoms with E-state index in [1.807, 2.05) is 12.1 Å². The van der Waals surface area contributed by atoms with E-state index >= 15 is 0 Å². The molecular formula is C15H12NaO2. The summed E-state index contributed by atoms with van der Waals surface area (Å²) in [6.07, 6.45) is -0.0754. The van der Waals surface area contributed by atoms with Gasteiger partial charge in [-0.25, -0.2) is 0 Å². The van der Waals surface area contributed by atoms with Gasteiger partial charge in [0.25, 0.3) is 0 Å². The maximum atomic E-state index is 11.8. The Morgan fingerprint density at radius 3 is 1.33 bits per heavy atom. The Morgan fingerprint density at radius 1 is 0.667 bits per heavy atom. The van der Waals surface area contributed by atoms with Gasteiger partial charge in [-0.15, -0.1) is 0 Å². The summed E-state index contributed by atoms with van der Waals surface area (Å²) in [5.74, 6) is -0.279. The molecule has 1 radical (unpaired) electrons. The van der Waals surface area contributed by atoms with Crippen LogP contribution >= 0.6 is 0 Å². The molecule has 0 heterocycles. The summed E-state index contributed by atoms with van der Waals surface area (Å²) in [6.45, 7) is 0. The number of ketones is 2. The largest absolute Gasteiger partial charge is 0.294 e. The second kappa shape index (κ2) is 7.27. The van der Waals surface area contributed by atoms with Gasteiger partial charge in [0, 0.05) is 40.7 Å². The van der Waals surface area contributed by atoms with E-state index in [9.17, 15) is 9.59 Å². The third kappa shape index (κ3) is 3.91. The van der Waals surface area contributed by atoms with Crippen molar-refractivity contribution in [3.63, 3.8) is 0 Å². The van der Waals surface area contributed by atoms with Crippen LogP contribution in [-0.2, 0) is 0 Å². The molecule has 2 rings (SSSR count). The number of hydrogen-bond acceptors (Lipinski definition) is 2. The van der Waals surface area contributed by atoms with E-state index in [1.54, 1.807) is 48.5 Å². The molecule has 0 atom stereocenters. The normalized spacial score (nSPS) is 9.33. The Morgan fingerprint density at radius 2 is 1.00 bits per heavy atom. The summed E-state index contributed by atoms with van der Waals surface area (Å²) in [6, 6.07) is 17.7. The van der Waals surface area contributed by atoms with Crippen LogP contribution in [0.4, 0.5) is 0 Å². The van der Waals surface area contributed by atoms with Gasteiger partial charge in [-0.2, -0.15) is 0 Å². The Bertz CT molecular complexity index is 471. The molecule has 0 aliphatic carbocycles. The van der Waals surface area contributed by atoms with Crippen LogP contribution in [0, 0.1) is 0 Å². The molecule has 18 heavy (non-hydrogen) atoms. The van der Waals surface area contributed by atoms with Gasteiger partial charge in [0.2, 0.25) is 0 Å². The first-order valence-corrected chi connectivity index (χ1v) is 5.44. The molecule has 0 aromatic heterocycles. The minimum atomic E-state index is -0.139. The molecule has 2 aromatic rings. The Hall–Kier alpha value is -1.22. The molecule has 0 fully saturated rings. The van der Waals surface area contributed by atoms with Crippen LogP contribution in [0.15, 0.2) is 60.7 Å². The first kappa shape index (κ1) is 14.8.